The fourth-order valence-corrected chi connectivity index (χ4v) is 2.54. The molecule has 0 atom stereocenters. The Morgan fingerprint density at radius 1 is 1.25 bits per heavy atom. The average Bonchev–Trinajstić information content (AvgIpc) is 2.74. The number of rotatable bonds is 4. The number of thiophene rings is 1. The van der Waals surface area contributed by atoms with Gasteiger partial charge in [0.25, 0.3) is 0 Å². The molecule has 16 heavy (non-hydrogen) atoms. The van der Waals surface area contributed by atoms with Crippen molar-refractivity contribution in [1.82, 2.24) is 10.2 Å². The Hall–Kier alpha value is -0.980. The minimum atomic E-state index is 0.0846. The molecule has 0 saturated heterocycles. The van der Waals surface area contributed by atoms with Crippen LogP contribution >= 0.6 is 27.3 Å². The first-order valence-corrected chi connectivity index (χ1v) is 6.35. The van der Waals surface area contributed by atoms with Gasteiger partial charge in [0.05, 0.1) is 15.3 Å². The Balaban J connectivity index is 2.13. The van der Waals surface area contributed by atoms with E-state index in [4.69, 9.17) is 5.11 Å². The van der Waals surface area contributed by atoms with E-state index < -0.39 is 0 Å². The summed E-state index contributed by atoms with van der Waals surface area (Å²) in [6.07, 6.45) is 0. The minimum Gasteiger partial charge on any atom is -0.395 e. The van der Waals surface area contributed by atoms with Gasteiger partial charge in [0.2, 0.25) is 0 Å². The van der Waals surface area contributed by atoms with Gasteiger partial charge in [-0.2, -0.15) is 0 Å². The Morgan fingerprint density at radius 3 is 2.69 bits per heavy atom. The van der Waals surface area contributed by atoms with Crippen molar-refractivity contribution in [1.29, 1.82) is 0 Å². The number of hydrogen-bond donors (Lipinski definition) is 2. The van der Waals surface area contributed by atoms with Crippen LogP contribution in [0.3, 0.4) is 0 Å². The zero-order chi connectivity index (χ0) is 11.4. The molecular weight excluding hydrogens is 290 g/mol. The van der Waals surface area contributed by atoms with Gasteiger partial charge in [0, 0.05) is 6.54 Å². The Kier molecular flexibility index (Phi) is 3.87. The van der Waals surface area contributed by atoms with Crippen molar-refractivity contribution >= 4 is 33.1 Å². The van der Waals surface area contributed by atoms with Gasteiger partial charge in [-0.15, -0.1) is 21.5 Å². The lowest BCUT2D eigenvalue weighted by Gasteiger charge is -2.02. The molecule has 6 heteroatoms. The number of nitrogens with zero attached hydrogens (tertiary/aromatic N) is 2. The first kappa shape index (κ1) is 11.5. The normalized spacial score (nSPS) is 10.4. The number of halogens is 1. The predicted octanol–water partition coefficient (Wildman–Crippen LogP) is 2.37. The molecule has 0 unspecified atom stereocenters. The van der Waals surface area contributed by atoms with Crippen LogP contribution in [0, 0.1) is 0 Å². The summed E-state index contributed by atoms with van der Waals surface area (Å²) in [5, 5.41) is 19.7. The molecule has 4 nitrogen and oxygen atoms in total. The second-order valence-corrected chi connectivity index (χ2v) is 5.52. The van der Waals surface area contributed by atoms with Crippen LogP contribution in [0.2, 0.25) is 0 Å². The summed E-state index contributed by atoms with van der Waals surface area (Å²) in [7, 11) is 0. The molecule has 2 rings (SSSR count). The van der Waals surface area contributed by atoms with Crippen LogP contribution in [0.25, 0.3) is 10.6 Å². The molecule has 2 heterocycles. The smallest absolute Gasteiger partial charge is 0.148 e. The number of hydrogen-bond acceptors (Lipinski definition) is 5. The summed E-state index contributed by atoms with van der Waals surface area (Å²) >= 11 is 5.03. The van der Waals surface area contributed by atoms with Crippen LogP contribution in [-0.2, 0) is 0 Å². The molecular formula is C10H10BrN3OS. The quantitative estimate of drug-likeness (QED) is 0.910. The maximum atomic E-state index is 8.65. The summed E-state index contributed by atoms with van der Waals surface area (Å²) in [4.78, 5) is 1.08. The van der Waals surface area contributed by atoms with Crippen molar-refractivity contribution in [3.63, 3.8) is 0 Å². The van der Waals surface area contributed by atoms with Crippen molar-refractivity contribution in [3.05, 3.63) is 28.1 Å². The third kappa shape index (κ3) is 2.78. The molecule has 0 bridgehead atoms. The first-order valence-electron chi connectivity index (χ1n) is 4.74. The number of anilines is 1. The number of aromatic nitrogens is 2. The van der Waals surface area contributed by atoms with Crippen LogP contribution in [0.5, 0.6) is 0 Å². The molecule has 0 aliphatic carbocycles. The highest BCUT2D eigenvalue weighted by Gasteiger charge is 2.03. The molecule has 2 N–H and O–H groups in total. The Labute approximate surface area is 105 Å². The van der Waals surface area contributed by atoms with E-state index in [9.17, 15) is 0 Å². The molecule has 0 fully saturated rings. The largest absolute Gasteiger partial charge is 0.395 e. The maximum absolute atomic E-state index is 8.65. The molecule has 0 amide bonds. The lowest BCUT2D eigenvalue weighted by atomic mass is 10.3. The van der Waals surface area contributed by atoms with E-state index in [1.807, 2.05) is 24.3 Å². The zero-order valence-electron chi connectivity index (χ0n) is 8.35. The zero-order valence-corrected chi connectivity index (χ0v) is 10.8. The van der Waals surface area contributed by atoms with Crippen molar-refractivity contribution in [3.8, 4) is 10.6 Å². The fraction of sp³-hybridized carbons (Fsp3) is 0.200. The van der Waals surface area contributed by atoms with E-state index in [2.05, 4.69) is 31.4 Å². The van der Waals surface area contributed by atoms with Gasteiger partial charge in [-0.25, -0.2) is 0 Å². The van der Waals surface area contributed by atoms with E-state index in [1.54, 1.807) is 11.3 Å². The predicted molar refractivity (Wildman–Crippen MR) is 68.6 cm³/mol. The first-order chi connectivity index (χ1) is 7.79. The van der Waals surface area contributed by atoms with E-state index >= 15 is 0 Å². The summed E-state index contributed by atoms with van der Waals surface area (Å²) in [6, 6.07) is 7.75. The molecule has 0 aromatic carbocycles. The maximum Gasteiger partial charge on any atom is 0.148 e. The molecule has 0 radical (unpaired) electrons. The van der Waals surface area contributed by atoms with E-state index in [-0.39, 0.29) is 6.61 Å². The third-order valence-corrected chi connectivity index (χ3v) is 3.55. The van der Waals surface area contributed by atoms with E-state index in [0.717, 1.165) is 14.4 Å². The number of aliphatic hydroxyl groups is 1. The summed E-state index contributed by atoms with van der Waals surface area (Å²) in [5.74, 6) is 0.674. The summed E-state index contributed by atoms with van der Waals surface area (Å²) < 4.78 is 1.08. The highest BCUT2D eigenvalue weighted by Crippen LogP contribution is 2.29. The molecule has 0 aliphatic heterocycles. The van der Waals surface area contributed by atoms with Crippen molar-refractivity contribution in [2.75, 3.05) is 18.5 Å². The van der Waals surface area contributed by atoms with Gasteiger partial charge in [0.15, 0.2) is 0 Å². The second-order valence-electron chi connectivity index (χ2n) is 3.06. The molecule has 84 valence electrons. The van der Waals surface area contributed by atoms with Gasteiger partial charge < -0.3 is 10.4 Å². The molecule has 0 saturated carbocycles. The van der Waals surface area contributed by atoms with Crippen molar-refractivity contribution < 1.29 is 5.11 Å². The van der Waals surface area contributed by atoms with Crippen LogP contribution in [-0.4, -0.2) is 28.5 Å². The van der Waals surface area contributed by atoms with Gasteiger partial charge in [-0.05, 0) is 40.2 Å². The summed E-state index contributed by atoms with van der Waals surface area (Å²) in [6.45, 7) is 0.569. The van der Waals surface area contributed by atoms with Crippen LogP contribution in [0.1, 0.15) is 0 Å². The van der Waals surface area contributed by atoms with Gasteiger partial charge in [-0.3, -0.25) is 0 Å². The molecule has 0 spiro atoms. The fourth-order valence-electron chi connectivity index (χ4n) is 1.19. The van der Waals surface area contributed by atoms with Crippen LogP contribution < -0.4 is 5.32 Å². The topological polar surface area (TPSA) is 58.0 Å². The highest BCUT2D eigenvalue weighted by atomic mass is 79.9. The third-order valence-electron chi connectivity index (χ3n) is 1.91. The lowest BCUT2D eigenvalue weighted by Crippen LogP contribution is -2.07. The molecule has 0 aliphatic rings. The van der Waals surface area contributed by atoms with Gasteiger partial charge >= 0.3 is 0 Å². The van der Waals surface area contributed by atoms with Crippen LogP contribution in [0.15, 0.2) is 28.1 Å². The lowest BCUT2D eigenvalue weighted by molar-refractivity contribution is 0.311. The van der Waals surface area contributed by atoms with Crippen molar-refractivity contribution in [2.45, 2.75) is 0 Å². The number of nitrogens with one attached hydrogen (secondary N) is 1. The SMILES string of the molecule is OCCNc1ccc(-c2ccc(Br)s2)nn1. The van der Waals surface area contributed by atoms with Crippen molar-refractivity contribution in [2.24, 2.45) is 0 Å². The Bertz CT molecular complexity index is 457. The summed E-state index contributed by atoms with van der Waals surface area (Å²) in [5.41, 5.74) is 0.852. The average molecular weight is 300 g/mol. The van der Waals surface area contributed by atoms with Gasteiger partial charge in [-0.1, -0.05) is 0 Å². The molecule has 2 aromatic heterocycles. The van der Waals surface area contributed by atoms with E-state index in [0.29, 0.717) is 12.4 Å². The second kappa shape index (κ2) is 5.38. The minimum absolute atomic E-state index is 0.0846. The van der Waals surface area contributed by atoms with Crippen LogP contribution in [0.4, 0.5) is 5.82 Å². The van der Waals surface area contributed by atoms with Gasteiger partial charge in [0.1, 0.15) is 11.5 Å². The van der Waals surface area contributed by atoms with E-state index in [1.165, 1.54) is 0 Å². The monoisotopic (exact) mass is 299 g/mol. The Morgan fingerprint density at radius 2 is 2.12 bits per heavy atom. The standard InChI is InChI=1S/C10H10BrN3OS/c11-9-3-2-8(16-9)7-1-4-10(14-13-7)12-5-6-15/h1-4,15H,5-6H2,(H,12,14). The molecule has 2 aromatic rings. The number of aliphatic hydroxyl groups excluding tert-OH is 1. The highest BCUT2D eigenvalue weighted by molar-refractivity contribution is 9.11.